The maximum atomic E-state index is 11.8. The third-order valence-corrected chi connectivity index (χ3v) is 5.72. The van der Waals surface area contributed by atoms with Crippen LogP contribution in [0.3, 0.4) is 0 Å². The van der Waals surface area contributed by atoms with E-state index < -0.39 is 98.7 Å². The number of aliphatic hydroxyl groups excluding tert-OH is 4. The molecule has 11 unspecified atom stereocenters. The minimum atomic E-state index is -1.84. The van der Waals surface area contributed by atoms with Gasteiger partial charge in [0.15, 0.2) is 25.0 Å². The predicted molar refractivity (Wildman–Crippen MR) is 121 cm³/mol. The quantitative estimate of drug-likeness (QED) is 0.102. The van der Waals surface area contributed by atoms with Gasteiger partial charge in [-0.3, -0.25) is 4.79 Å². The lowest BCUT2D eigenvalue weighted by Gasteiger charge is -2.47. The number of carboxylic acid groups (broad SMARTS) is 1. The van der Waals surface area contributed by atoms with Crippen molar-refractivity contribution in [3.8, 4) is 0 Å². The van der Waals surface area contributed by atoms with Crippen LogP contribution in [0.15, 0.2) is 12.2 Å². The zero-order valence-electron chi connectivity index (χ0n) is 21.3. The Labute approximate surface area is 218 Å². The van der Waals surface area contributed by atoms with Gasteiger partial charge in [-0.05, 0) is 6.92 Å². The van der Waals surface area contributed by atoms with E-state index in [0.29, 0.717) is 0 Å². The predicted octanol–water partition coefficient (Wildman–Crippen LogP) is -3.39. The molecule has 2 fully saturated rings. The average Bonchev–Trinajstić information content (AvgIpc) is 2.85. The van der Waals surface area contributed by atoms with E-state index >= 15 is 0 Å². The number of carbonyl (C=O) groups excluding carboxylic acids is 2. The van der Waals surface area contributed by atoms with Crippen LogP contribution < -0.4 is 5.32 Å². The van der Waals surface area contributed by atoms with E-state index in [4.69, 9.17) is 33.2 Å². The smallest absolute Gasteiger partial charge is 0.335 e. The average molecular weight is 554 g/mol. The van der Waals surface area contributed by atoms with Gasteiger partial charge in [0.25, 0.3) is 0 Å². The van der Waals surface area contributed by atoms with Gasteiger partial charge in [0.05, 0.1) is 6.61 Å². The maximum Gasteiger partial charge on any atom is 0.335 e. The Hall–Kier alpha value is -2.25. The van der Waals surface area contributed by atoms with Crippen LogP contribution in [0.4, 0.5) is 0 Å². The van der Waals surface area contributed by atoms with Gasteiger partial charge in [-0.15, -0.1) is 0 Å². The third-order valence-electron chi connectivity index (χ3n) is 5.72. The van der Waals surface area contributed by atoms with Crippen LogP contribution in [-0.2, 0) is 47.5 Å². The summed E-state index contributed by atoms with van der Waals surface area (Å²) >= 11 is 0. The van der Waals surface area contributed by atoms with Crippen molar-refractivity contribution >= 4 is 17.8 Å². The van der Waals surface area contributed by atoms with E-state index in [1.54, 1.807) is 0 Å². The molecular formula is C22H35NO15. The van der Waals surface area contributed by atoms with Crippen molar-refractivity contribution in [2.45, 2.75) is 81.5 Å². The highest BCUT2D eigenvalue weighted by atomic mass is 16.8. The van der Waals surface area contributed by atoms with Crippen molar-refractivity contribution in [2.24, 2.45) is 0 Å². The summed E-state index contributed by atoms with van der Waals surface area (Å²) in [6, 6.07) is -1.23. The summed E-state index contributed by atoms with van der Waals surface area (Å²) in [6.07, 6.45) is -16.0. The molecule has 2 saturated heterocycles. The Kier molecular flexibility index (Phi) is 12.0. The second kappa shape index (κ2) is 14.2. The summed E-state index contributed by atoms with van der Waals surface area (Å²) in [5.74, 6) is -2.85. The molecular weight excluding hydrogens is 518 g/mol. The molecule has 2 heterocycles. The Morgan fingerprint density at radius 3 is 2.13 bits per heavy atom. The normalized spacial score (nSPS) is 36.2. The summed E-state index contributed by atoms with van der Waals surface area (Å²) in [5.41, 5.74) is 0.102. The molecule has 1 amide bonds. The van der Waals surface area contributed by atoms with Crippen LogP contribution in [0.5, 0.6) is 0 Å². The molecule has 0 aromatic heterocycles. The van der Waals surface area contributed by atoms with E-state index in [-0.39, 0.29) is 5.57 Å². The molecule has 2 aliphatic heterocycles. The van der Waals surface area contributed by atoms with Crippen molar-refractivity contribution < 1.29 is 73.1 Å². The van der Waals surface area contributed by atoms with Crippen LogP contribution in [-0.4, -0.2) is 138 Å². The summed E-state index contributed by atoms with van der Waals surface area (Å²) in [5, 5.41) is 53.8. The number of aliphatic hydroxyl groups is 4. The van der Waals surface area contributed by atoms with Crippen LogP contribution in [0.2, 0.25) is 0 Å². The second-order valence-electron chi connectivity index (χ2n) is 8.73. The molecule has 6 N–H and O–H groups in total. The highest BCUT2D eigenvalue weighted by Crippen LogP contribution is 2.31. The number of carboxylic acids is 1. The first-order valence-corrected chi connectivity index (χ1v) is 11.5. The summed E-state index contributed by atoms with van der Waals surface area (Å²) in [4.78, 5) is 35.2. The largest absolute Gasteiger partial charge is 0.479 e. The number of esters is 1. The van der Waals surface area contributed by atoms with Crippen molar-refractivity contribution in [2.75, 3.05) is 27.4 Å². The van der Waals surface area contributed by atoms with E-state index in [2.05, 4.69) is 11.9 Å². The lowest BCUT2D eigenvalue weighted by Crippen LogP contribution is -2.68. The number of methoxy groups -OCH3 is 2. The SMILES string of the molecule is C=C(C)C(=O)OCC(O)COC1C(OC2C(O)C(O)OC(OC)C2NC(C)=O)OC(C(=O)O)C(OC)C1O. The molecule has 0 bridgehead atoms. The zero-order chi connectivity index (χ0) is 28.7. The fourth-order valence-corrected chi connectivity index (χ4v) is 3.88. The van der Waals surface area contributed by atoms with E-state index in [9.17, 15) is 39.9 Å². The Morgan fingerprint density at radius 2 is 1.61 bits per heavy atom. The summed E-state index contributed by atoms with van der Waals surface area (Å²) in [6.45, 7) is 4.96. The number of ether oxygens (including phenoxy) is 7. The van der Waals surface area contributed by atoms with Crippen LogP contribution in [0, 0.1) is 0 Å². The van der Waals surface area contributed by atoms with Gasteiger partial charge in [0.1, 0.15) is 49.3 Å². The van der Waals surface area contributed by atoms with Gasteiger partial charge >= 0.3 is 11.9 Å². The highest BCUT2D eigenvalue weighted by molar-refractivity contribution is 5.86. The molecule has 2 aliphatic rings. The molecule has 2 rings (SSSR count). The zero-order valence-corrected chi connectivity index (χ0v) is 21.3. The van der Waals surface area contributed by atoms with Crippen LogP contribution >= 0.6 is 0 Å². The van der Waals surface area contributed by atoms with Crippen LogP contribution in [0.25, 0.3) is 0 Å². The van der Waals surface area contributed by atoms with Crippen molar-refractivity contribution in [1.82, 2.24) is 5.32 Å². The first-order valence-electron chi connectivity index (χ1n) is 11.5. The molecule has 16 heteroatoms. The van der Waals surface area contributed by atoms with E-state index in [1.807, 2.05) is 0 Å². The summed E-state index contributed by atoms with van der Waals surface area (Å²) < 4.78 is 37.1. The molecule has 0 aromatic carbocycles. The van der Waals surface area contributed by atoms with Crippen molar-refractivity contribution in [1.29, 1.82) is 0 Å². The molecule has 16 nitrogen and oxygen atoms in total. The number of nitrogens with one attached hydrogen (secondary N) is 1. The Bertz CT molecular complexity index is 840. The molecule has 0 radical (unpaired) electrons. The Balaban J connectivity index is 2.30. The number of rotatable bonds is 12. The number of hydrogen-bond acceptors (Lipinski definition) is 14. The van der Waals surface area contributed by atoms with Crippen LogP contribution in [0.1, 0.15) is 13.8 Å². The van der Waals surface area contributed by atoms with Gasteiger partial charge in [0.2, 0.25) is 5.91 Å². The topological polar surface area (TPSA) is 229 Å². The summed E-state index contributed by atoms with van der Waals surface area (Å²) in [7, 11) is 2.34. The fraction of sp³-hybridized carbons (Fsp3) is 0.773. The van der Waals surface area contributed by atoms with Gasteiger partial charge in [-0.2, -0.15) is 0 Å². The number of hydrogen-bond donors (Lipinski definition) is 6. The van der Waals surface area contributed by atoms with Gasteiger partial charge < -0.3 is 64.0 Å². The first kappa shape index (κ1) is 32.0. The minimum Gasteiger partial charge on any atom is -0.479 e. The van der Waals surface area contributed by atoms with E-state index in [0.717, 1.165) is 7.11 Å². The lowest BCUT2D eigenvalue weighted by atomic mass is 9.97. The monoisotopic (exact) mass is 553 g/mol. The lowest BCUT2D eigenvalue weighted by molar-refractivity contribution is -0.361. The molecule has 38 heavy (non-hydrogen) atoms. The molecule has 0 aliphatic carbocycles. The fourth-order valence-electron chi connectivity index (χ4n) is 3.88. The third kappa shape index (κ3) is 7.89. The molecule has 11 atom stereocenters. The van der Waals surface area contributed by atoms with Gasteiger partial charge in [-0.25, -0.2) is 9.59 Å². The van der Waals surface area contributed by atoms with Gasteiger partial charge in [-0.1, -0.05) is 6.58 Å². The standard InChI is InChI=1S/C22H35NO15/c1-8(2)19(30)35-7-10(25)6-34-16-12(26)15(32-4)17(18(28)29)37-22(16)36-14-11(23-9(3)24)21(33-5)38-20(31)13(14)27/h10-17,20-22,25-27,31H,1,6-7H2,2-5H3,(H,23,24)(H,28,29). The molecule has 0 spiro atoms. The first-order chi connectivity index (χ1) is 17.8. The van der Waals surface area contributed by atoms with E-state index in [1.165, 1.54) is 21.0 Å². The minimum absolute atomic E-state index is 0.102. The number of aliphatic carboxylic acids is 1. The van der Waals surface area contributed by atoms with Crippen molar-refractivity contribution in [3.05, 3.63) is 12.2 Å². The number of carbonyl (C=O) groups is 3. The van der Waals surface area contributed by atoms with Crippen molar-refractivity contribution in [3.63, 3.8) is 0 Å². The van der Waals surface area contributed by atoms with Gasteiger partial charge in [0, 0.05) is 26.7 Å². The maximum absolute atomic E-state index is 11.8. The highest BCUT2D eigenvalue weighted by Gasteiger charge is 2.54. The molecule has 0 saturated carbocycles. The second-order valence-corrected chi connectivity index (χ2v) is 8.73. The Morgan fingerprint density at radius 1 is 0.947 bits per heavy atom. The molecule has 218 valence electrons. The number of amides is 1. The molecule has 0 aromatic rings.